The van der Waals surface area contributed by atoms with Gasteiger partial charge in [0.2, 0.25) is 0 Å². The highest BCUT2D eigenvalue weighted by Gasteiger charge is 2.23. The van der Waals surface area contributed by atoms with Crippen LogP contribution in [0.25, 0.3) is 0 Å². The molecule has 0 aliphatic heterocycles. The molecular weight excluding hydrogens is 392 g/mol. The molecule has 0 fully saturated rings. The number of amides is 1. The Hall–Kier alpha value is -2.57. The van der Waals surface area contributed by atoms with Gasteiger partial charge in [0.05, 0.1) is 5.02 Å². The van der Waals surface area contributed by atoms with E-state index in [-0.39, 0.29) is 6.61 Å². The van der Waals surface area contributed by atoms with Crippen molar-refractivity contribution in [2.24, 2.45) is 7.05 Å². The number of benzene rings is 2. The molecule has 1 heterocycles. The number of nitrogens with zero attached hydrogens (tertiary/aromatic N) is 2. The highest BCUT2D eigenvalue weighted by Crippen LogP contribution is 2.28. The van der Waals surface area contributed by atoms with Crippen LogP contribution in [0.5, 0.6) is 5.75 Å². The van der Waals surface area contributed by atoms with Gasteiger partial charge < -0.3 is 14.6 Å². The first-order valence-electron chi connectivity index (χ1n) is 8.04. The van der Waals surface area contributed by atoms with Crippen LogP contribution in [-0.4, -0.2) is 22.1 Å². The predicted octanol–water partition coefficient (Wildman–Crippen LogP) is 4.15. The van der Waals surface area contributed by atoms with Crippen LogP contribution >= 0.6 is 23.2 Å². The Bertz CT molecular complexity index is 962. The van der Waals surface area contributed by atoms with E-state index in [1.54, 1.807) is 54.3 Å². The minimum atomic E-state index is -0.767. The third kappa shape index (κ3) is 4.59. The van der Waals surface area contributed by atoms with Crippen LogP contribution < -0.4 is 10.1 Å². The number of carbonyl (C=O) groups is 1. The zero-order valence-corrected chi connectivity index (χ0v) is 15.8. The van der Waals surface area contributed by atoms with Gasteiger partial charge in [-0.3, -0.25) is 4.79 Å². The monoisotopic (exact) mass is 407 g/mol. The van der Waals surface area contributed by atoms with Gasteiger partial charge in [0.1, 0.15) is 23.4 Å². The van der Waals surface area contributed by atoms with Crippen LogP contribution in [0.4, 0.5) is 4.39 Å². The van der Waals surface area contributed by atoms with Crippen LogP contribution in [0.1, 0.15) is 17.4 Å². The molecular formula is C19H16Cl2FN3O2. The maximum atomic E-state index is 14.3. The Morgan fingerprint density at radius 2 is 2.07 bits per heavy atom. The van der Waals surface area contributed by atoms with Crippen molar-refractivity contribution in [2.45, 2.75) is 6.04 Å². The van der Waals surface area contributed by atoms with E-state index in [9.17, 15) is 9.18 Å². The Morgan fingerprint density at radius 3 is 2.78 bits per heavy atom. The van der Waals surface area contributed by atoms with Crippen LogP contribution in [-0.2, 0) is 11.8 Å². The summed E-state index contributed by atoms with van der Waals surface area (Å²) in [6.45, 7) is -0.310. The summed E-state index contributed by atoms with van der Waals surface area (Å²) in [6.07, 6.45) is 3.30. The normalized spacial score (nSPS) is 11.9. The van der Waals surface area contributed by atoms with Gasteiger partial charge in [-0.25, -0.2) is 9.37 Å². The molecule has 1 atom stereocenters. The minimum Gasteiger partial charge on any atom is -0.482 e. The van der Waals surface area contributed by atoms with Crippen molar-refractivity contribution in [1.29, 1.82) is 0 Å². The predicted molar refractivity (Wildman–Crippen MR) is 102 cm³/mol. The van der Waals surface area contributed by atoms with Crippen molar-refractivity contribution in [3.05, 3.63) is 82.1 Å². The van der Waals surface area contributed by atoms with E-state index in [2.05, 4.69) is 10.3 Å². The molecule has 0 spiro atoms. The number of halogens is 3. The molecule has 3 rings (SSSR count). The molecule has 1 aromatic heterocycles. The summed E-state index contributed by atoms with van der Waals surface area (Å²) >= 11 is 11.9. The SMILES string of the molecule is Cn1ccnc1C(NC(=O)COc1cc(Cl)ccc1Cl)c1ccccc1F. The first-order chi connectivity index (χ1) is 13.0. The molecule has 1 N–H and O–H groups in total. The number of ether oxygens (including phenoxy) is 1. The second kappa shape index (κ2) is 8.41. The number of nitrogens with one attached hydrogen (secondary N) is 1. The molecule has 0 aliphatic rings. The average molecular weight is 408 g/mol. The van der Waals surface area contributed by atoms with Gasteiger partial charge in [-0.15, -0.1) is 0 Å². The fourth-order valence-electron chi connectivity index (χ4n) is 2.58. The molecule has 8 heteroatoms. The quantitative estimate of drug-likeness (QED) is 0.667. The highest BCUT2D eigenvalue weighted by molar-refractivity contribution is 6.34. The number of aryl methyl sites for hydroxylation is 1. The van der Waals surface area contributed by atoms with Gasteiger partial charge in [0, 0.05) is 36.1 Å². The number of hydrogen-bond donors (Lipinski definition) is 1. The summed E-state index contributed by atoms with van der Waals surface area (Å²) in [5, 5.41) is 3.53. The second-order valence-corrected chi connectivity index (χ2v) is 6.63. The minimum absolute atomic E-state index is 0.291. The molecule has 27 heavy (non-hydrogen) atoms. The maximum absolute atomic E-state index is 14.3. The Balaban J connectivity index is 1.78. The zero-order chi connectivity index (χ0) is 19.4. The molecule has 140 valence electrons. The smallest absolute Gasteiger partial charge is 0.258 e. The van der Waals surface area contributed by atoms with E-state index in [1.165, 1.54) is 12.1 Å². The van der Waals surface area contributed by atoms with E-state index in [1.807, 2.05) is 0 Å². The van der Waals surface area contributed by atoms with Gasteiger partial charge in [-0.05, 0) is 18.2 Å². The molecule has 2 aromatic carbocycles. The summed E-state index contributed by atoms with van der Waals surface area (Å²) in [6, 6.07) is 10.2. The van der Waals surface area contributed by atoms with Crippen LogP contribution in [0.2, 0.25) is 10.0 Å². The lowest BCUT2D eigenvalue weighted by Gasteiger charge is -2.20. The Kier molecular flexibility index (Phi) is 5.98. The van der Waals surface area contributed by atoms with Gasteiger partial charge >= 0.3 is 0 Å². The van der Waals surface area contributed by atoms with Crippen molar-refractivity contribution in [3.8, 4) is 5.75 Å². The maximum Gasteiger partial charge on any atom is 0.258 e. The topological polar surface area (TPSA) is 56.2 Å². The third-order valence-electron chi connectivity index (χ3n) is 3.89. The summed E-state index contributed by atoms with van der Waals surface area (Å²) in [5.41, 5.74) is 0.306. The Morgan fingerprint density at radius 1 is 1.30 bits per heavy atom. The van der Waals surface area contributed by atoms with Gasteiger partial charge in [0.25, 0.3) is 5.91 Å². The van der Waals surface area contributed by atoms with Crippen molar-refractivity contribution < 1.29 is 13.9 Å². The first kappa shape index (κ1) is 19.2. The van der Waals surface area contributed by atoms with Crippen molar-refractivity contribution in [1.82, 2.24) is 14.9 Å². The third-order valence-corrected chi connectivity index (χ3v) is 4.44. The fourth-order valence-corrected chi connectivity index (χ4v) is 2.91. The Labute approximate surface area is 165 Å². The summed E-state index contributed by atoms with van der Waals surface area (Å²) < 4.78 is 21.5. The fraction of sp³-hybridized carbons (Fsp3) is 0.158. The summed E-state index contributed by atoms with van der Waals surface area (Å²) in [7, 11) is 1.77. The van der Waals surface area contributed by atoms with E-state index in [4.69, 9.17) is 27.9 Å². The van der Waals surface area contributed by atoms with Gasteiger partial charge in [-0.1, -0.05) is 41.4 Å². The molecule has 0 saturated carbocycles. The van der Waals surface area contributed by atoms with E-state index >= 15 is 0 Å². The van der Waals surface area contributed by atoms with Crippen molar-refractivity contribution in [3.63, 3.8) is 0 Å². The zero-order valence-electron chi connectivity index (χ0n) is 14.3. The second-order valence-electron chi connectivity index (χ2n) is 5.78. The average Bonchev–Trinajstić information content (AvgIpc) is 3.07. The standard InChI is InChI=1S/C19H16Cl2FN3O2/c1-25-9-8-23-19(25)18(13-4-2-3-5-15(13)22)24-17(26)11-27-16-10-12(20)6-7-14(16)21/h2-10,18H,11H2,1H3,(H,24,26). The molecule has 0 bridgehead atoms. The molecule has 1 amide bonds. The largest absolute Gasteiger partial charge is 0.482 e. The lowest BCUT2D eigenvalue weighted by Crippen LogP contribution is -2.35. The first-order valence-corrected chi connectivity index (χ1v) is 8.80. The molecule has 1 unspecified atom stereocenters. The molecule has 3 aromatic rings. The van der Waals surface area contributed by atoms with E-state index < -0.39 is 17.8 Å². The van der Waals surface area contributed by atoms with Crippen LogP contribution in [0.3, 0.4) is 0 Å². The number of rotatable bonds is 6. The van der Waals surface area contributed by atoms with Gasteiger partial charge in [-0.2, -0.15) is 0 Å². The summed E-state index contributed by atoms with van der Waals surface area (Å²) in [4.78, 5) is 16.7. The highest BCUT2D eigenvalue weighted by atomic mass is 35.5. The number of carbonyl (C=O) groups excluding carboxylic acids is 1. The number of hydrogen-bond acceptors (Lipinski definition) is 3. The molecule has 0 saturated heterocycles. The van der Waals surface area contributed by atoms with E-state index in [0.29, 0.717) is 27.2 Å². The number of imidazole rings is 1. The van der Waals surface area contributed by atoms with Crippen molar-refractivity contribution in [2.75, 3.05) is 6.61 Å². The molecule has 5 nitrogen and oxygen atoms in total. The molecule has 0 radical (unpaired) electrons. The van der Waals surface area contributed by atoms with Crippen LogP contribution in [0.15, 0.2) is 54.9 Å². The van der Waals surface area contributed by atoms with E-state index in [0.717, 1.165) is 0 Å². The molecule has 0 aliphatic carbocycles. The number of aromatic nitrogens is 2. The van der Waals surface area contributed by atoms with Gasteiger partial charge in [0.15, 0.2) is 6.61 Å². The van der Waals surface area contributed by atoms with Crippen LogP contribution in [0, 0.1) is 5.82 Å². The van der Waals surface area contributed by atoms with Crippen molar-refractivity contribution >= 4 is 29.1 Å². The summed E-state index contributed by atoms with van der Waals surface area (Å²) in [5.74, 6) is -0.111. The lowest BCUT2D eigenvalue weighted by atomic mass is 10.1. The lowest BCUT2D eigenvalue weighted by molar-refractivity contribution is -0.123.